The molecule has 0 aromatic carbocycles. The predicted molar refractivity (Wildman–Crippen MR) is 56.1 cm³/mol. The van der Waals surface area contributed by atoms with Crippen LogP contribution < -0.4 is 0 Å². The molecule has 4 nitrogen and oxygen atoms in total. The lowest BCUT2D eigenvalue weighted by Crippen LogP contribution is -2.22. The maximum Gasteiger partial charge on any atom is 0.333 e. The van der Waals surface area contributed by atoms with E-state index in [-0.39, 0.29) is 6.61 Å². The molecule has 0 aliphatic heterocycles. The van der Waals surface area contributed by atoms with Gasteiger partial charge in [-0.05, 0) is 20.8 Å². The fraction of sp³-hybridized carbons (Fsp3) is 0.455. The maximum absolute atomic E-state index is 11.1. The van der Waals surface area contributed by atoms with E-state index < -0.39 is 18.0 Å². The third kappa shape index (κ3) is 5.67. The van der Waals surface area contributed by atoms with Crippen molar-refractivity contribution in [2.75, 3.05) is 6.61 Å². The van der Waals surface area contributed by atoms with E-state index in [2.05, 4.69) is 13.2 Å². The number of hydrogen-bond donors (Lipinski definition) is 0. The van der Waals surface area contributed by atoms with E-state index in [4.69, 9.17) is 9.47 Å². The van der Waals surface area contributed by atoms with E-state index in [9.17, 15) is 9.59 Å². The number of carbonyl (C=O) groups excluding carboxylic acids is 2. The van der Waals surface area contributed by atoms with Gasteiger partial charge in [-0.25, -0.2) is 9.59 Å². The van der Waals surface area contributed by atoms with E-state index in [1.165, 1.54) is 0 Å². The summed E-state index contributed by atoms with van der Waals surface area (Å²) in [6, 6.07) is 0. The van der Waals surface area contributed by atoms with Gasteiger partial charge in [-0.15, -0.1) is 0 Å². The lowest BCUT2D eigenvalue weighted by molar-refractivity contribution is -0.152. The Labute approximate surface area is 89.6 Å². The minimum absolute atomic E-state index is 0.0186. The Kier molecular flexibility index (Phi) is 5.37. The lowest BCUT2D eigenvalue weighted by Gasteiger charge is -2.13. The fourth-order valence-corrected chi connectivity index (χ4v) is 0.634. The molecule has 0 aromatic heterocycles. The Morgan fingerprint density at radius 2 is 1.60 bits per heavy atom. The van der Waals surface area contributed by atoms with Crippen molar-refractivity contribution in [2.45, 2.75) is 26.9 Å². The molecule has 84 valence electrons. The monoisotopic (exact) mass is 212 g/mol. The van der Waals surface area contributed by atoms with Crippen LogP contribution in [0.2, 0.25) is 0 Å². The van der Waals surface area contributed by atoms with E-state index in [0.717, 1.165) is 0 Å². The Morgan fingerprint density at radius 1 is 1.13 bits per heavy atom. The van der Waals surface area contributed by atoms with Crippen molar-refractivity contribution in [2.24, 2.45) is 0 Å². The molecule has 0 amide bonds. The lowest BCUT2D eigenvalue weighted by atomic mass is 10.3. The molecule has 0 spiro atoms. The molecule has 0 saturated carbocycles. The number of ether oxygens (including phenoxy) is 2. The summed E-state index contributed by atoms with van der Waals surface area (Å²) in [6.45, 7) is 11.6. The molecule has 0 heterocycles. The van der Waals surface area contributed by atoms with Gasteiger partial charge in [0.05, 0.1) is 0 Å². The molecule has 0 aliphatic carbocycles. The predicted octanol–water partition coefficient (Wildman–Crippen LogP) is 1.61. The van der Waals surface area contributed by atoms with Gasteiger partial charge in [0.15, 0.2) is 0 Å². The van der Waals surface area contributed by atoms with Gasteiger partial charge in [-0.3, -0.25) is 0 Å². The molecule has 0 aliphatic rings. The third-order valence-corrected chi connectivity index (χ3v) is 1.45. The third-order valence-electron chi connectivity index (χ3n) is 1.45. The van der Waals surface area contributed by atoms with Crippen molar-refractivity contribution < 1.29 is 19.1 Å². The Bertz CT molecular complexity index is 291. The smallest absolute Gasteiger partial charge is 0.333 e. The first-order valence-corrected chi connectivity index (χ1v) is 4.53. The van der Waals surface area contributed by atoms with Crippen molar-refractivity contribution in [3.05, 3.63) is 24.3 Å². The summed E-state index contributed by atoms with van der Waals surface area (Å²) in [4.78, 5) is 22.0. The van der Waals surface area contributed by atoms with Crippen LogP contribution in [0.4, 0.5) is 0 Å². The standard InChI is InChI=1S/C11H16O4/c1-7(2)10(12)14-6-9(5)15-11(13)8(3)4/h9H,1,3,6H2,2,4-5H3. The molecule has 1 atom stereocenters. The van der Waals surface area contributed by atoms with Crippen LogP contribution in [0.15, 0.2) is 24.3 Å². The summed E-state index contributed by atoms with van der Waals surface area (Å²) < 4.78 is 9.70. The molecule has 0 rings (SSSR count). The molecule has 0 fully saturated rings. The molecule has 0 aromatic rings. The van der Waals surface area contributed by atoms with Crippen LogP contribution in [0.1, 0.15) is 20.8 Å². The number of rotatable bonds is 5. The van der Waals surface area contributed by atoms with Crippen LogP contribution in [0.25, 0.3) is 0 Å². The molecular formula is C11H16O4. The highest BCUT2D eigenvalue weighted by atomic mass is 16.6. The van der Waals surface area contributed by atoms with Crippen LogP contribution in [-0.4, -0.2) is 24.6 Å². The van der Waals surface area contributed by atoms with Crippen LogP contribution >= 0.6 is 0 Å². The fourth-order valence-electron chi connectivity index (χ4n) is 0.634. The van der Waals surface area contributed by atoms with Gasteiger partial charge in [0, 0.05) is 11.1 Å². The SMILES string of the molecule is C=C(C)C(=O)OCC(C)OC(=O)C(=C)C. The van der Waals surface area contributed by atoms with Crippen LogP contribution in [0, 0.1) is 0 Å². The van der Waals surface area contributed by atoms with E-state index >= 15 is 0 Å². The molecule has 4 heteroatoms. The first kappa shape index (κ1) is 13.4. The summed E-state index contributed by atoms with van der Waals surface area (Å²) >= 11 is 0. The zero-order valence-corrected chi connectivity index (χ0v) is 9.33. The van der Waals surface area contributed by atoms with Gasteiger partial charge in [0.2, 0.25) is 0 Å². The molecule has 1 unspecified atom stereocenters. The van der Waals surface area contributed by atoms with Gasteiger partial charge in [-0.2, -0.15) is 0 Å². The van der Waals surface area contributed by atoms with E-state index in [0.29, 0.717) is 11.1 Å². The summed E-state index contributed by atoms with van der Waals surface area (Å²) in [5, 5.41) is 0. The number of esters is 2. The molecule has 0 radical (unpaired) electrons. The summed E-state index contributed by atoms with van der Waals surface area (Å²) in [6.07, 6.45) is -0.488. The average Bonchev–Trinajstić information content (AvgIpc) is 2.13. The van der Waals surface area contributed by atoms with Gasteiger partial charge >= 0.3 is 11.9 Å². The molecule has 0 N–H and O–H groups in total. The molecule has 0 bridgehead atoms. The van der Waals surface area contributed by atoms with Crippen molar-refractivity contribution in [3.8, 4) is 0 Å². The Hall–Kier alpha value is -1.58. The minimum Gasteiger partial charge on any atom is -0.458 e. The second kappa shape index (κ2) is 6.01. The number of carbonyl (C=O) groups is 2. The maximum atomic E-state index is 11.1. The van der Waals surface area contributed by atoms with Crippen molar-refractivity contribution in [1.82, 2.24) is 0 Å². The first-order chi connectivity index (χ1) is 6.84. The zero-order chi connectivity index (χ0) is 12.0. The molecule has 0 saturated heterocycles. The second-order valence-electron chi connectivity index (χ2n) is 3.38. The minimum atomic E-state index is -0.492. The van der Waals surface area contributed by atoms with Gasteiger partial charge in [0.1, 0.15) is 12.7 Å². The summed E-state index contributed by atoms with van der Waals surface area (Å²) in [7, 11) is 0. The quantitative estimate of drug-likeness (QED) is 0.513. The summed E-state index contributed by atoms with van der Waals surface area (Å²) in [5.74, 6) is -0.984. The highest BCUT2D eigenvalue weighted by molar-refractivity contribution is 5.87. The van der Waals surface area contributed by atoms with E-state index in [1.807, 2.05) is 0 Å². The Morgan fingerprint density at radius 3 is 2.00 bits per heavy atom. The summed E-state index contributed by atoms with van der Waals surface area (Å²) in [5.41, 5.74) is 0.626. The Balaban J connectivity index is 3.90. The van der Waals surface area contributed by atoms with Gasteiger partial charge in [-0.1, -0.05) is 13.2 Å². The van der Waals surface area contributed by atoms with Crippen LogP contribution in [-0.2, 0) is 19.1 Å². The van der Waals surface area contributed by atoms with Gasteiger partial charge in [0.25, 0.3) is 0 Å². The molecule has 15 heavy (non-hydrogen) atoms. The normalized spacial score (nSPS) is 11.4. The van der Waals surface area contributed by atoms with Crippen molar-refractivity contribution >= 4 is 11.9 Å². The van der Waals surface area contributed by atoms with Gasteiger partial charge < -0.3 is 9.47 Å². The van der Waals surface area contributed by atoms with E-state index in [1.54, 1.807) is 20.8 Å². The van der Waals surface area contributed by atoms with Crippen LogP contribution in [0.3, 0.4) is 0 Å². The topological polar surface area (TPSA) is 52.6 Å². The number of hydrogen-bond acceptors (Lipinski definition) is 4. The van der Waals surface area contributed by atoms with Crippen molar-refractivity contribution in [3.63, 3.8) is 0 Å². The van der Waals surface area contributed by atoms with Crippen LogP contribution in [0.5, 0.6) is 0 Å². The zero-order valence-electron chi connectivity index (χ0n) is 9.33. The molecular weight excluding hydrogens is 196 g/mol. The second-order valence-corrected chi connectivity index (χ2v) is 3.38. The highest BCUT2D eigenvalue weighted by Crippen LogP contribution is 2.00. The first-order valence-electron chi connectivity index (χ1n) is 4.53. The average molecular weight is 212 g/mol. The largest absolute Gasteiger partial charge is 0.458 e. The van der Waals surface area contributed by atoms with Crippen molar-refractivity contribution in [1.29, 1.82) is 0 Å². The highest BCUT2D eigenvalue weighted by Gasteiger charge is 2.12.